The van der Waals surface area contributed by atoms with E-state index in [2.05, 4.69) is 20.4 Å². The molecule has 0 atom stereocenters. The number of pyridine rings is 1. The second-order valence-corrected chi connectivity index (χ2v) is 9.06. The van der Waals surface area contributed by atoms with Crippen molar-refractivity contribution < 1.29 is 14.3 Å². The molecule has 34 heavy (non-hydrogen) atoms. The molecule has 4 aromatic rings. The zero-order valence-electron chi connectivity index (χ0n) is 18.9. The maximum Gasteiger partial charge on any atom is 0.259 e. The monoisotopic (exact) mass is 474 g/mol. The van der Waals surface area contributed by atoms with Crippen molar-refractivity contribution in [1.29, 1.82) is 0 Å². The number of rotatable bonds is 5. The van der Waals surface area contributed by atoms with Crippen LogP contribution in [0.5, 0.6) is 5.75 Å². The number of para-hydroxylation sites is 1. The van der Waals surface area contributed by atoms with Crippen LogP contribution in [0.1, 0.15) is 37.0 Å². The number of methoxy groups -OCH3 is 1. The predicted molar refractivity (Wildman–Crippen MR) is 128 cm³/mol. The molecular formula is C24H22N6O3S. The van der Waals surface area contributed by atoms with E-state index >= 15 is 0 Å². The van der Waals surface area contributed by atoms with Crippen LogP contribution in [0.25, 0.3) is 11.1 Å². The Morgan fingerprint density at radius 3 is 2.71 bits per heavy atom. The number of thiazole rings is 1. The van der Waals surface area contributed by atoms with Crippen molar-refractivity contribution in [3.63, 3.8) is 0 Å². The summed E-state index contributed by atoms with van der Waals surface area (Å²) in [6.45, 7) is 2.73. The Labute approximate surface area is 200 Å². The summed E-state index contributed by atoms with van der Waals surface area (Å²) < 4.78 is 7.10. The second kappa shape index (κ2) is 8.71. The van der Waals surface area contributed by atoms with E-state index in [4.69, 9.17) is 4.74 Å². The fourth-order valence-corrected chi connectivity index (χ4v) is 4.93. The van der Waals surface area contributed by atoms with Gasteiger partial charge in [0.1, 0.15) is 5.75 Å². The van der Waals surface area contributed by atoms with Crippen LogP contribution < -0.4 is 10.1 Å². The van der Waals surface area contributed by atoms with Crippen LogP contribution in [-0.2, 0) is 20.1 Å². The number of anilines is 1. The van der Waals surface area contributed by atoms with E-state index in [1.807, 2.05) is 37.3 Å². The molecule has 172 valence electrons. The molecule has 0 unspecified atom stereocenters. The highest BCUT2D eigenvalue weighted by Crippen LogP contribution is 2.34. The van der Waals surface area contributed by atoms with Gasteiger partial charge >= 0.3 is 0 Å². The van der Waals surface area contributed by atoms with Crippen molar-refractivity contribution in [1.82, 2.24) is 24.6 Å². The Hall–Kier alpha value is -4.05. The molecule has 0 spiro atoms. The Balaban J connectivity index is 1.35. The molecule has 0 fully saturated rings. The lowest BCUT2D eigenvalue weighted by molar-refractivity contribution is 0.0750. The van der Waals surface area contributed by atoms with Crippen molar-refractivity contribution in [2.75, 3.05) is 12.4 Å². The van der Waals surface area contributed by atoms with Crippen molar-refractivity contribution in [3.05, 3.63) is 76.3 Å². The number of fused-ring (bicyclic) bond motifs is 1. The van der Waals surface area contributed by atoms with E-state index in [1.165, 1.54) is 11.3 Å². The molecule has 0 radical (unpaired) electrons. The van der Waals surface area contributed by atoms with Crippen LogP contribution in [0.15, 0.2) is 48.9 Å². The first-order chi connectivity index (χ1) is 16.4. The molecule has 0 saturated carbocycles. The fourth-order valence-electron chi connectivity index (χ4n) is 3.95. The number of aryl methyl sites for hydroxylation is 2. The van der Waals surface area contributed by atoms with Gasteiger partial charge in [-0.15, -0.1) is 0 Å². The van der Waals surface area contributed by atoms with Crippen molar-refractivity contribution in [3.8, 4) is 16.9 Å². The first kappa shape index (κ1) is 21.8. The molecule has 5 rings (SSSR count). The molecule has 9 nitrogen and oxygen atoms in total. The smallest absolute Gasteiger partial charge is 0.259 e. The highest BCUT2D eigenvalue weighted by molar-refractivity contribution is 7.16. The van der Waals surface area contributed by atoms with Crippen LogP contribution in [0, 0.1) is 6.92 Å². The van der Waals surface area contributed by atoms with Gasteiger partial charge in [0.25, 0.3) is 11.8 Å². The van der Waals surface area contributed by atoms with Crippen molar-refractivity contribution in [2.45, 2.75) is 20.0 Å². The average Bonchev–Trinajstić information content (AvgIpc) is 3.53. The molecule has 1 aliphatic rings. The summed E-state index contributed by atoms with van der Waals surface area (Å²) in [6.07, 6.45) is 4.83. The molecule has 4 heterocycles. The maximum absolute atomic E-state index is 13.2. The predicted octanol–water partition coefficient (Wildman–Crippen LogP) is 3.66. The van der Waals surface area contributed by atoms with E-state index in [-0.39, 0.29) is 11.8 Å². The van der Waals surface area contributed by atoms with Gasteiger partial charge in [-0.2, -0.15) is 5.10 Å². The number of aromatic nitrogens is 4. The number of nitrogens with zero attached hydrogens (tertiary/aromatic N) is 5. The topological polar surface area (TPSA) is 102 Å². The number of carbonyl (C=O) groups excluding carboxylic acids is 2. The lowest BCUT2D eigenvalue weighted by Crippen LogP contribution is -2.25. The molecule has 10 heteroatoms. The van der Waals surface area contributed by atoms with Gasteiger partial charge in [0.15, 0.2) is 5.13 Å². The van der Waals surface area contributed by atoms with Gasteiger partial charge in [-0.05, 0) is 19.1 Å². The lowest BCUT2D eigenvalue weighted by atomic mass is 9.99. The number of nitrogens with one attached hydrogen (secondary N) is 1. The minimum Gasteiger partial charge on any atom is -0.496 e. The van der Waals surface area contributed by atoms with Gasteiger partial charge < -0.3 is 9.64 Å². The zero-order chi connectivity index (χ0) is 23.8. The number of amides is 2. The van der Waals surface area contributed by atoms with E-state index in [9.17, 15) is 9.59 Å². The first-order valence-corrected chi connectivity index (χ1v) is 11.4. The maximum atomic E-state index is 13.2. The van der Waals surface area contributed by atoms with Gasteiger partial charge in [-0.1, -0.05) is 29.5 Å². The Bertz CT molecular complexity index is 1390. The molecule has 2 amide bonds. The number of ether oxygens (including phenoxy) is 1. The quantitative estimate of drug-likeness (QED) is 0.474. The van der Waals surface area contributed by atoms with Crippen LogP contribution in [0.4, 0.5) is 5.13 Å². The number of benzene rings is 1. The number of carbonyl (C=O) groups is 2. The van der Waals surface area contributed by atoms with Crippen LogP contribution >= 0.6 is 11.3 Å². The van der Waals surface area contributed by atoms with Crippen LogP contribution in [0.3, 0.4) is 0 Å². The number of hydrogen-bond acceptors (Lipinski definition) is 7. The van der Waals surface area contributed by atoms with Crippen molar-refractivity contribution in [2.24, 2.45) is 7.05 Å². The summed E-state index contributed by atoms with van der Waals surface area (Å²) in [4.78, 5) is 37.5. The molecule has 1 aromatic carbocycles. The molecule has 0 bridgehead atoms. The fraction of sp³-hybridized carbons (Fsp3) is 0.208. The zero-order valence-corrected chi connectivity index (χ0v) is 19.7. The Morgan fingerprint density at radius 1 is 1.15 bits per heavy atom. The molecule has 3 aromatic heterocycles. The first-order valence-electron chi connectivity index (χ1n) is 10.6. The third kappa shape index (κ3) is 4.03. The lowest BCUT2D eigenvalue weighted by Gasteiger charge is -2.14. The summed E-state index contributed by atoms with van der Waals surface area (Å²) in [6, 6.07) is 9.43. The van der Waals surface area contributed by atoms with E-state index in [1.54, 1.807) is 42.3 Å². The van der Waals surface area contributed by atoms with Crippen LogP contribution in [-0.4, -0.2) is 43.6 Å². The highest BCUT2D eigenvalue weighted by atomic mass is 32.1. The summed E-state index contributed by atoms with van der Waals surface area (Å²) in [5, 5.41) is 7.46. The SMILES string of the molecule is COc1ccccc1-c1cc(C)ncc1C(=O)Nc1nc2c(s1)CN(C(=O)c1cnn(C)c1)C2. The average molecular weight is 475 g/mol. The van der Waals surface area contributed by atoms with Gasteiger partial charge in [0.05, 0.1) is 48.1 Å². The van der Waals surface area contributed by atoms with Gasteiger partial charge in [0.2, 0.25) is 0 Å². The summed E-state index contributed by atoms with van der Waals surface area (Å²) >= 11 is 1.38. The van der Waals surface area contributed by atoms with E-state index < -0.39 is 0 Å². The largest absolute Gasteiger partial charge is 0.496 e. The summed E-state index contributed by atoms with van der Waals surface area (Å²) in [7, 11) is 3.38. The highest BCUT2D eigenvalue weighted by Gasteiger charge is 2.29. The summed E-state index contributed by atoms with van der Waals surface area (Å²) in [5.74, 6) is 0.286. The van der Waals surface area contributed by atoms with Gasteiger partial charge in [-0.25, -0.2) is 4.98 Å². The van der Waals surface area contributed by atoms with Crippen molar-refractivity contribution >= 4 is 28.3 Å². The normalized spacial score (nSPS) is 12.5. The Morgan fingerprint density at radius 2 is 1.97 bits per heavy atom. The Kier molecular flexibility index (Phi) is 5.58. The third-order valence-corrected chi connectivity index (χ3v) is 6.59. The van der Waals surface area contributed by atoms with Gasteiger partial charge in [-0.3, -0.25) is 24.6 Å². The van der Waals surface area contributed by atoms with E-state index in [0.29, 0.717) is 35.1 Å². The standard InChI is InChI=1S/C24H22N6O3S/c1-14-8-17(16-6-4-5-7-20(16)33-3)18(10-25-14)22(31)28-24-27-19-12-30(13-21(19)34-24)23(32)15-9-26-29(2)11-15/h4-11H,12-13H2,1-3H3,(H,27,28,31). The second-order valence-electron chi connectivity index (χ2n) is 7.98. The molecule has 1 N–H and O–H groups in total. The van der Waals surface area contributed by atoms with Gasteiger partial charge in [0, 0.05) is 36.3 Å². The molecular weight excluding hydrogens is 452 g/mol. The minimum atomic E-state index is -0.302. The summed E-state index contributed by atoms with van der Waals surface area (Å²) in [5.41, 5.74) is 4.11. The number of hydrogen-bond donors (Lipinski definition) is 1. The van der Waals surface area contributed by atoms with Crippen LogP contribution in [0.2, 0.25) is 0 Å². The molecule has 1 aliphatic heterocycles. The molecule has 0 aliphatic carbocycles. The van der Waals surface area contributed by atoms with E-state index in [0.717, 1.165) is 27.4 Å². The third-order valence-electron chi connectivity index (χ3n) is 5.60. The minimum absolute atomic E-state index is 0.0870. The molecule has 0 saturated heterocycles.